The van der Waals surface area contributed by atoms with Gasteiger partial charge >= 0.3 is 0 Å². The summed E-state index contributed by atoms with van der Waals surface area (Å²) < 4.78 is 11.6. The summed E-state index contributed by atoms with van der Waals surface area (Å²) in [5, 5.41) is 23.7. The normalized spacial score (nSPS) is 21.6. The van der Waals surface area contributed by atoms with E-state index in [2.05, 4.69) is 15.2 Å². The van der Waals surface area contributed by atoms with E-state index in [1.165, 1.54) is 0 Å². The van der Waals surface area contributed by atoms with Crippen LogP contribution in [0.25, 0.3) is 0 Å². The molecule has 0 radical (unpaired) electrons. The smallest absolute Gasteiger partial charge is 0.142 e. The first-order chi connectivity index (χ1) is 14.2. The lowest BCUT2D eigenvalue weighted by Gasteiger charge is -2.29. The highest BCUT2D eigenvalue weighted by atomic mass is 16.5. The summed E-state index contributed by atoms with van der Waals surface area (Å²) in [6, 6.07) is 11.9. The Morgan fingerprint density at radius 1 is 1.10 bits per heavy atom. The number of hydrogen-bond acceptors (Lipinski definition) is 7. The van der Waals surface area contributed by atoms with Crippen molar-refractivity contribution in [2.24, 2.45) is 0 Å². The molecule has 0 saturated carbocycles. The van der Waals surface area contributed by atoms with E-state index in [4.69, 9.17) is 9.47 Å². The number of hydrogen-bond donors (Lipinski definition) is 3. The van der Waals surface area contributed by atoms with Gasteiger partial charge in [0.2, 0.25) is 0 Å². The number of fused-ring (bicyclic) bond motifs is 1. The number of rotatable bonds is 3. The molecule has 1 aliphatic heterocycles. The van der Waals surface area contributed by atoms with E-state index in [0.717, 1.165) is 35.7 Å². The third-order valence-corrected chi connectivity index (χ3v) is 5.06. The van der Waals surface area contributed by atoms with Gasteiger partial charge in [-0.3, -0.25) is 0 Å². The molecule has 1 aromatic heterocycles. The van der Waals surface area contributed by atoms with Crippen LogP contribution >= 0.6 is 0 Å². The fourth-order valence-electron chi connectivity index (χ4n) is 3.41. The molecule has 29 heavy (non-hydrogen) atoms. The van der Waals surface area contributed by atoms with E-state index in [0.29, 0.717) is 32.7 Å². The molecular formula is C22H31N3O4. The van der Waals surface area contributed by atoms with Crippen LogP contribution in [0.15, 0.2) is 42.6 Å². The lowest BCUT2D eigenvalue weighted by molar-refractivity contribution is -0.0405. The Balaban J connectivity index is 1.87. The van der Waals surface area contributed by atoms with Gasteiger partial charge < -0.3 is 29.9 Å². The number of aromatic nitrogens is 1. The fraction of sp³-hybridized carbons (Fsp3) is 0.500. The number of aliphatic hydroxyl groups is 2. The summed E-state index contributed by atoms with van der Waals surface area (Å²) in [5.74, 6) is 1.63. The first kappa shape index (κ1) is 21.4. The molecule has 1 aromatic carbocycles. The minimum atomic E-state index is -0.891. The Morgan fingerprint density at radius 3 is 2.79 bits per heavy atom. The molecule has 3 rings (SSSR count). The van der Waals surface area contributed by atoms with Crippen LogP contribution < -0.4 is 15.0 Å². The third kappa shape index (κ3) is 6.06. The zero-order valence-electron chi connectivity index (χ0n) is 17.0. The lowest BCUT2D eigenvalue weighted by Crippen LogP contribution is -2.35. The highest BCUT2D eigenvalue weighted by Gasteiger charge is 2.21. The maximum absolute atomic E-state index is 10.4. The molecule has 0 amide bonds. The van der Waals surface area contributed by atoms with Gasteiger partial charge in [-0.15, -0.1) is 0 Å². The van der Waals surface area contributed by atoms with E-state index in [-0.39, 0.29) is 6.61 Å². The van der Waals surface area contributed by atoms with Gasteiger partial charge in [-0.2, -0.15) is 0 Å². The zero-order chi connectivity index (χ0) is 20.5. The predicted molar refractivity (Wildman–Crippen MR) is 113 cm³/mol. The Kier molecular flexibility index (Phi) is 8.10. The number of para-hydroxylation sites is 2. The van der Waals surface area contributed by atoms with Crippen molar-refractivity contribution in [1.82, 2.24) is 4.98 Å². The molecule has 7 heteroatoms. The quantitative estimate of drug-likeness (QED) is 0.728. The van der Waals surface area contributed by atoms with Crippen molar-refractivity contribution in [1.29, 1.82) is 0 Å². The largest absolute Gasteiger partial charge is 0.491 e. The van der Waals surface area contributed by atoms with Crippen molar-refractivity contribution >= 4 is 11.5 Å². The van der Waals surface area contributed by atoms with E-state index in [1.54, 1.807) is 6.20 Å². The van der Waals surface area contributed by atoms with Crippen LogP contribution in [0.2, 0.25) is 0 Å². The molecule has 0 aliphatic carbocycles. The van der Waals surface area contributed by atoms with Gasteiger partial charge in [0.05, 0.1) is 25.0 Å². The number of pyridine rings is 1. The summed E-state index contributed by atoms with van der Waals surface area (Å²) in [6.07, 6.45) is 2.13. The number of ether oxygens (including phenoxy) is 2. The minimum absolute atomic E-state index is 0.144. The SMILES string of the molecule is CNc1ncccc1CN1CC[C@H](O)[C@H](O)COCCCCOc2ccccc21. The zero-order valence-corrected chi connectivity index (χ0v) is 17.0. The lowest BCUT2D eigenvalue weighted by atomic mass is 10.1. The van der Waals surface area contributed by atoms with Crippen LogP contribution in [0, 0.1) is 0 Å². The first-order valence-electron chi connectivity index (χ1n) is 10.2. The molecule has 0 fully saturated rings. The Bertz CT molecular complexity index is 758. The Labute approximate surface area is 172 Å². The average Bonchev–Trinajstić information content (AvgIpc) is 2.75. The van der Waals surface area contributed by atoms with Crippen LogP contribution in [0.4, 0.5) is 11.5 Å². The highest BCUT2D eigenvalue weighted by molar-refractivity contribution is 5.59. The molecule has 2 aromatic rings. The summed E-state index contributed by atoms with van der Waals surface area (Å²) in [4.78, 5) is 6.56. The third-order valence-electron chi connectivity index (χ3n) is 5.06. The molecule has 158 valence electrons. The van der Waals surface area contributed by atoms with Crippen LogP contribution in [0.3, 0.4) is 0 Å². The van der Waals surface area contributed by atoms with Crippen molar-refractivity contribution in [2.45, 2.75) is 38.0 Å². The molecule has 0 spiro atoms. The monoisotopic (exact) mass is 401 g/mol. The average molecular weight is 402 g/mol. The number of aliphatic hydroxyl groups excluding tert-OH is 2. The summed E-state index contributed by atoms with van der Waals surface area (Å²) >= 11 is 0. The van der Waals surface area contributed by atoms with Gasteiger partial charge in [-0.1, -0.05) is 18.2 Å². The first-order valence-corrected chi connectivity index (χ1v) is 10.2. The molecule has 2 heterocycles. The van der Waals surface area contributed by atoms with Crippen LogP contribution in [0.1, 0.15) is 24.8 Å². The van der Waals surface area contributed by atoms with Gasteiger partial charge in [0.15, 0.2) is 0 Å². The van der Waals surface area contributed by atoms with Crippen LogP contribution in [0.5, 0.6) is 5.75 Å². The van der Waals surface area contributed by atoms with Crippen molar-refractivity contribution in [3.63, 3.8) is 0 Å². The second-order valence-corrected chi connectivity index (χ2v) is 7.20. The molecule has 3 N–H and O–H groups in total. The highest BCUT2D eigenvalue weighted by Crippen LogP contribution is 2.31. The number of nitrogens with zero attached hydrogens (tertiary/aromatic N) is 2. The van der Waals surface area contributed by atoms with Gasteiger partial charge in [0, 0.05) is 38.5 Å². The molecule has 2 atom stereocenters. The van der Waals surface area contributed by atoms with Crippen molar-refractivity contribution in [3.8, 4) is 5.75 Å². The van der Waals surface area contributed by atoms with Gasteiger partial charge in [-0.05, 0) is 37.5 Å². The molecular weight excluding hydrogens is 370 g/mol. The molecule has 7 nitrogen and oxygen atoms in total. The van der Waals surface area contributed by atoms with Crippen molar-refractivity contribution < 1.29 is 19.7 Å². The van der Waals surface area contributed by atoms with E-state index in [9.17, 15) is 10.2 Å². The van der Waals surface area contributed by atoms with Gasteiger partial charge in [0.1, 0.15) is 17.7 Å². The summed E-state index contributed by atoms with van der Waals surface area (Å²) in [6.45, 7) is 2.45. The number of anilines is 2. The standard InChI is InChI=1S/C22H31N3O4/c1-23-22-17(7-6-11-24-22)15-25-12-10-19(26)20(27)16-28-13-4-5-14-29-21-9-3-2-8-18(21)25/h2-3,6-9,11,19-20,26-27H,4-5,10,12-16H2,1H3,(H,23,24)/t19-,20+/m0/s1. The minimum Gasteiger partial charge on any atom is -0.491 e. The second kappa shape index (κ2) is 11.0. The van der Waals surface area contributed by atoms with Crippen LogP contribution in [-0.4, -0.2) is 60.8 Å². The van der Waals surface area contributed by atoms with Crippen LogP contribution in [-0.2, 0) is 11.3 Å². The maximum Gasteiger partial charge on any atom is 0.142 e. The van der Waals surface area contributed by atoms with Crippen molar-refractivity contribution in [2.75, 3.05) is 43.6 Å². The number of nitrogens with one attached hydrogen (secondary N) is 1. The van der Waals surface area contributed by atoms with Crippen molar-refractivity contribution in [3.05, 3.63) is 48.2 Å². The van der Waals surface area contributed by atoms with E-state index >= 15 is 0 Å². The molecule has 0 saturated heterocycles. The molecule has 0 bridgehead atoms. The summed E-state index contributed by atoms with van der Waals surface area (Å²) in [7, 11) is 1.85. The predicted octanol–water partition coefficient (Wildman–Crippen LogP) is 2.43. The molecule has 0 unspecified atom stereocenters. The van der Waals surface area contributed by atoms with E-state index in [1.807, 2.05) is 43.4 Å². The topological polar surface area (TPSA) is 87.1 Å². The second-order valence-electron chi connectivity index (χ2n) is 7.20. The molecule has 1 aliphatic rings. The number of benzene rings is 1. The van der Waals surface area contributed by atoms with E-state index < -0.39 is 12.2 Å². The summed E-state index contributed by atoms with van der Waals surface area (Å²) in [5.41, 5.74) is 2.01. The van der Waals surface area contributed by atoms with Gasteiger partial charge in [0.25, 0.3) is 0 Å². The fourth-order valence-corrected chi connectivity index (χ4v) is 3.41. The Morgan fingerprint density at radius 2 is 1.93 bits per heavy atom. The maximum atomic E-state index is 10.4. The Hall–Kier alpha value is -2.35. The van der Waals surface area contributed by atoms with Gasteiger partial charge in [-0.25, -0.2) is 4.98 Å².